The second-order valence-electron chi connectivity index (χ2n) is 6.81. The Balaban J connectivity index is 2.16. The maximum atomic E-state index is 12.5. The van der Waals surface area contributed by atoms with Gasteiger partial charge in [0, 0.05) is 12.0 Å². The number of morpholine rings is 1. The van der Waals surface area contributed by atoms with E-state index in [-0.39, 0.29) is 23.5 Å². The number of carbonyl (C=O) groups excluding carboxylic acids is 1. The summed E-state index contributed by atoms with van der Waals surface area (Å²) in [7, 11) is 0. The quantitative estimate of drug-likeness (QED) is 0.787. The lowest BCUT2D eigenvalue weighted by Crippen LogP contribution is -2.49. The molecule has 0 aromatic heterocycles. The zero-order valence-electron chi connectivity index (χ0n) is 13.1. The highest BCUT2D eigenvalue weighted by molar-refractivity contribution is 5.81. The van der Waals surface area contributed by atoms with Crippen molar-refractivity contribution in [2.75, 3.05) is 13.1 Å². The van der Waals surface area contributed by atoms with Crippen LogP contribution in [0.3, 0.4) is 0 Å². The van der Waals surface area contributed by atoms with Crippen LogP contribution in [0.4, 0.5) is 0 Å². The van der Waals surface area contributed by atoms with Gasteiger partial charge in [0.2, 0.25) is 5.91 Å². The number of ether oxygens (including phenoxy) is 1. The molecule has 3 heteroatoms. The Morgan fingerprint density at radius 1 is 1.20 bits per heavy atom. The highest BCUT2D eigenvalue weighted by atomic mass is 16.5. The van der Waals surface area contributed by atoms with E-state index in [0.717, 1.165) is 5.56 Å². The Morgan fingerprint density at radius 2 is 1.80 bits per heavy atom. The molecular formula is C17H25NO2. The predicted molar refractivity (Wildman–Crippen MR) is 80.5 cm³/mol. The summed E-state index contributed by atoms with van der Waals surface area (Å²) in [6, 6.07) is 8.37. The molecule has 0 saturated carbocycles. The zero-order valence-corrected chi connectivity index (χ0v) is 13.1. The van der Waals surface area contributed by atoms with Gasteiger partial charge in [0.15, 0.2) is 0 Å². The lowest BCUT2D eigenvalue weighted by Gasteiger charge is -2.39. The van der Waals surface area contributed by atoms with E-state index in [1.165, 1.54) is 5.56 Å². The molecule has 2 atom stereocenters. The largest absolute Gasteiger partial charge is 0.367 e. The van der Waals surface area contributed by atoms with Crippen LogP contribution in [-0.4, -0.2) is 30.0 Å². The van der Waals surface area contributed by atoms with Crippen LogP contribution in [0.1, 0.15) is 44.9 Å². The first-order valence-corrected chi connectivity index (χ1v) is 7.29. The third kappa shape index (κ3) is 3.40. The van der Waals surface area contributed by atoms with Crippen molar-refractivity contribution >= 4 is 5.91 Å². The Kier molecular flexibility index (Phi) is 4.19. The highest BCUT2D eigenvalue weighted by Gasteiger charge is 2.34. The van der Waals surface area contributed by atoms with Gasteiger partial charge in [-0.1, -0.05) is 50.6 Å². The van der Waals surface area contributed by atoms with Crippen LogP contribution in [0.25, 0.3) is 0 Å². The molecule has 0 bridgehead atoms. The summed E-state index contributed by atoms with van der Waals surface area (Å²) >= 11 is 0. The summed E-state index contributed by atoms with van der Waals surface area (Å²) in [4.78, 5) is 14.4. The molecule has 3 nitrogen and oxygen atoms in total. The lowest BCUT2D eigenvalue weighted by molar-refractivity contribution is -0.152. The lowest BCUT2D eigenvalue weighted by atomic mass is 9.93. The van der Waals surface area contributed by atoms with Gasteiger partial charge in [-0.05, 0) is 19.4 Å². The Hall–Kier alpha value is -1.35. The minimum Gasteiger partial charge on any atom is -0.367 e. The molecule has 1 fully saturated rings. The number of benzene rings is 1. The van der Waals surface area contributed by atoms with Crippen molar-refractivity contribution in [1.29, 1.82) is 0 Å². The van der Waals surface area contributed by atoms with E-state index in [0.29, 0.717) is 13.1 Å². The molecule has 0 N–H and O–H groups in total. The van der Waals surface area contributed by atoms with Crippen molar-refractivity contribution in [2.45, 2.75) is 46.8 Å². The van der Waals surface area contributed by atoms with E-state index in [2.05, 4.69) is 31.2 Å². The van der Waals surface area contributed by atoms with Crippen molar-refractivity contribution < 1.29 is 9.53 Å². The molecule has 0 radical (unpaired) electrons. The first-order valence-electron chi connectivity index (χ1n) is 7.29. The number of hydrogen-bond donors (Lipinski definition) is 0. The number of carbonyl (C=O) groups is 1. The maximum Gasteiger partial charge on any atom is 0.228 e. The molecule has 1 saturated heterocycles. The average molecular weight is 275 g/mol. The van der Waals surface area contributed by atoms with Gasteiger partial charge in [-0.15, -0.1) is 0 Å². The molecule has 20 heavy (non-hydrogen) atoms. The molecule has 2 rings (SSSR count). The molecule has 0 spiro atoms. The van der Waals surface area contributed by atoms with Crippen LogP contribution in [0.15, 0.2) is 24.3 Å². The molecule has 1 amide bonds. The standard InChI is InChI=1S/C17H25NO2/c1-12-6-8-14(9-7-12)15-11-18(10-13(2)20-15)16(19)17(3,4)5/h6-9,13,15H,10-11H2,1-5H3. The summed E-state index contributed by atoms with van der Waals surface area (Å²) in [6.07, 6.45) is 0.0482. The molecule has 110 valence electrons. The van der Waals surface area contributed by atoms with E-state index >= 15 is 0 Å². The van der Waals surface area contributed by atoms with Crippen LogP contribution in [0, 0.1) is 12.3 Å². The zero-order chi connectivity index (χ0) is 14.9. The third-order valence-electron chi connectivity index (χ3n) is 3.64. The van der Waals surface area contributed by atoms with Crippen LogP contribution in [0.5, 0.6) is 0 Å². The summed E-state index contributed by atoms with van der Waals surface area (Å²) < 4.78 is 6.01. The number of hydrogen-bond acceptors (Lipinski definition) is 2. The molecule has 2 unspecified atom stereocenters. The van der Waals surface area contributed by atoms with E-state index in [1.807, 2.05) is 32.6 Å². The number of nitrogens with zero attached hydrogens (tertiary/aromatic N) is 1. The Morgan fingerprint density at radius 3 is 2.35 bits per heavy atom. The summed E-state index contributed by atoms with van der Waals surface area (Å²) in [6.45, 7) is 11.3. The van der Waals surface area contributed by atoms with Crippen molar-refractivity contribution in [3.63, 3.8) is 0 Å². The van der Waals surface area contributed by atoms with Gasteiger partial charge in [0.05, 0.1) is 12.6 Å². The first kappa shape index (κ1) is 15.0. The van der Waals surface area contributed by atoms with Crippen molar-refractivity contribution in [1.82, 2.24) is 4.90 Å². The highest BCUT2D eigenvalue weighted by Crippen LogP contribution is 2.28. The summed E-state index contributed by atoms with van der Waals surface area (Å²) in [5.74, 6) is 0.199. The molecule has 0 aliphatic carbocycles. The fourth-order valence-electron chi connectivity index (χ4n) is 2.56. The smallest absolute Gasteiger partial charge is 0.228 e. The van der Waals surface area contributed by atoms with Crippen LogP contribution < -0.4 is 0 Å². The monoisotopic (exact) mass is 275 g/mol. The van der Waals surface area contributed by atoms with Gasteiger partial charge < -0.3 is 9.64 Å². The van der Waals surface area contributed by atoms with Gasteiger partial charge in [-0.2, -0.15) is 0 Å². The van der Waals surface area contributed by atoms with Crippen molar-refractivity contribution in [2.24, 2.45) is 5.41 Å². The van der Waals surface area contributed by atoms with E-state index in [9.17, 15) is 4.79 Å². The SMILES string of the molecule is Cc1ccc(C2CN(C(=O)C(C)(C)C)CC(C)O2)cc1. The second-order valence-corrected chi connectivity index (χ2v) is 6.81. The average Bonchev–Trinajstić information content (AvgIpc) is 2.37. The van der Waals surface area contributed by atoms with Gasteiger partial charge in [-0.3, -0.25) is 4.79 Å². The third-order valence-corrected chi connectivity index (χ3v) is 3.64. The molecule has 1 aromatic carbocycles. The number of aryl methyl sites for hydroxylation is 1. The number of rotatable bonds is 1. The van der Waals surface area contributed by atoms with Gasteiger partial charge in [0.1, 0.15) is 6.10 Å². The molecule has 1 aliphatic rings. The first-order chi connectivity index (χ1) is 9.27. The normalized spacial score (nSPS) is 23.8. The van der Waals surface area contributed by atoms with Crippen molar-refractivity contribution in [3.8, 4) is 0 Å². The van der Waals surface area contributed by atoms with E-state index in [4.69, 9.17) is 4.74 Å². The Bertz CT molecular complexity index is 473. The maximum absolute atomic E-state index is 12.5. The summed E-state index contributed by atoms with van der Waals surface area (Å²) in [5, 5.41) is 0. The van der Waals surface area contributed by atoms with E-state index in [1.54, 1.807) is 0 Å². The fourth-order valence-corrected chi connectivity index (χ4v) is 2.56. The minimum atomic E-state index is -0.338. The minimum absolute atomic E-state index is 0.0225. The fraction of sp³-hybridized carbons (Fsp3) is 0.588. The van der Waals surface area contributed by atoms with E-state index < -0.39 is 0 Å². The van der Waals surface area contributed by atoms with Gasteiger partial charge in [0.25, 0.3) is 0 Å². The predicted octanol–water partition coefficient (Wildman–Crippen LogP) is 3.33. The van der Waals surface area contributed by atoms with Gasteiger partial charge in [-0.25, -0.2) is 0 Å². The van der Waals surface area contributed by atoms with Crippen LogP contribution >= 0.6 is 0 Å². The second kappa shape index (κ2) is 5.57. The summed E-state index contributed by atoms with van der Waals surface area (Å²) in [5.41, 5.74) is 2.05. The van der Waals surface area contributed by atoms with Crippen LogP contribution in [-0.2, 0) is 9.53 Å². The number of amides is 1. The molecule has 1 aromatic rings. The van der Waals surface area contributed by atoms with Crippen LogP contribution in [0.2, 0.25) is 0 Å². The van der Waals surface area contributed by atoms with Crippen molar-refractivity contribution in [3.05, 3.63) is 35.4 Å². The molecule has 1 heterocycles. The molecule has 1 aliphatic heterocycles. The Labute approximate surface area is 121 Å². The topological polar surface area (TPSA) is 29.5 Å². The van der Waals surface area contributed by atoms with Gasteiger partial charge >= 0.3 is 0 Å². The molecular weight excluding hydrogens is 250 g/mol.